The Morgan fingerprint density at radius 2 is 2.00 bits per heavy atom. The first-order valence-corrected chi connectivity index (χ1v) is 6.70. The maximum atomic E-state index is 10.7. The second-order valence-electron chi connectivity index (χ2n) is 4.40. The molecule has 2 aromatic rings. The van der Waals surface area contributed by atoms with E-state index in [2.05, 4.69) is 16.8 Å². The molecular weight excluding hydrogens is 242 g/mol. The average molecular weight is 257 g/mol. The molecule has 0 saturated heterocycles. The van der Waals surface area contributed by atoms with Crippen LogP contribution in [0.2, 0.25) is 0 Å². The van der Waals surface area contributed by atoms with Crippen LogP contribution in [0.3, 0.4) is 0 Å². The minimum atomic E-state index is -1.13. The van der Waals surface area contributed by atoms with Crippen LogP contribution in [-0.2, 0) is 5.60 Å². The third kappa shape index (κ3) is 2.61. The van der Waals surface area contributed by atoms with Gasteiger partial charge in [-0.1, -0.05) is 43.9 Å². The summed E-state index contributed by atoms with van der Waals surface area (Å²) >= 11 is 1.43. The molecule has 1 aromatic carbocycles. The van der Waals surface area contributed by atoms with Gasteiger partial charge in [-0.25, -0.2) is 0 Å². The summed E-state index contributed by atoms with van der Waals surface area (Å²) in [5, 5.41) is 10.7. The normalized spacial score (nSPS) is 13.8. The van der Waals surface area contributed by atoms with Crippen molar-refractivity contribution in [2.75, 3.05) is 0 Å². The fourth-order valence-corrected chi connectivity index (χ4v) is 2.41. The molecule has 0 aliphatic rings. The van der Waals surface area contributed by atoms with Crippen LogP contribution in [0, 0.1) is 17.8 Å². The van der Waals surface area contributed by atoms with Crippen LogP contribution in [0.4, 0.5) is 0 Å². The Hall–Kier alpha value is -1.63. The van der Waals surface area contributed by atoms with Crippen molar-refractivity contribution in [1.82, 2.24) is 4.98 Å². The first-order valence-electron chi connectivity index (χ1n) is 5.82. The molecule has 0 radical (unpaired) electrons. The van der Waals surface area contributed by atoms with Gasteiger partial charge in [-0.2, -0.15) is 0 Å². The van der Waals surface area contributed by atoms with Gasteiger partial charge in [-0.3, -0.25) is 4.98 Å². The van der Waals surface area contributed by atoms with Crippen LogP contribution < -0.4 is 0 Å². The van der Waals surface area contributed by atoms with Gasteiger partial charge in [-0.15, -0.1) is 11.3 Å². The number of nitrogens with zero attached hydrogens (tertiary/aromatic N) is 1. The first-order chi connectivity index (χ1) is 8.63. The van der Waals surface area contributed by atoms with Crippen molar-refractivity contribution < 1.29 is 5.11 Å². The number of hydrogen-bond acceptors (Lipinski definition) is 3. The maximum absolute atomic E-state index is 10.7. The molecule has 0 bridgehead atoms. The minimum absolute atomic E-state index is 0.00848. The summed E-state index contributed by atoms with van der Waals surface area (Å²) in [6, 6.07) is 9.68. The maximum Gasteiger partial charge on any atom is 0.164 e. The molecule has 0 saturated carbocycles. The van der Waals surface area contributed by atoms with Crippen LogP contribution in [0.15, 0.2) is 42.0 Å². The Balaban J connectivity index is 2.37. The SMILES string of the molecule is CC(C)C(O)(C#Cc1ccccc1)c1cncs1. The molecule has 0 aliphatic heterocycles. The van der Waals surface area contributed by atoms with Crippen molar-refractivity contribution in [3.05, 3.63) is 52.5 Å². The van der Waals surface area contributed by atoms with Crippen molar-refractivity contribution in [2.24, 2.45) is 5.92 Å². The van der Waals surface area contributed by atoms with Crippen LogP contribution >= 0.6 is 11.3 Å². The predicted octanol–water partition coefficient (Wildman–Crippen LogP) is 3.04. The summed E-state index contributed by atoms with van der Waals surface area (Å²) in [6.07, 6.45) is 1.68. The van der Waals surface area contributed by atoms with Crippen LogP contribution in [0.25, 0.3) is 0 Å². The molecule has 1 aromatic heterocycles. The van der Waals surface area contributed by atoms with Crippen LogP contribution in [0.5, 0.6) is 0 Å². The van der Waals surface area contributed by atoms with Crippen molar-refractivity contribution in [2.45, 2.75) is 19.4 Å². The van der Waals surface area contributed by atoms with Crippen molar-refractivity contribution >= 4 is 11.3 Å². The lowest BCUT2D eigenvalue weighted by Crippen LogP contribution is -2.29. The fraction of sp³-hybridized carbons (Fsp3) is 0.267. The third-order valence-corrected chi connectivity index (χ3v) is 3.71. The molecule has 2 rings (SSSR count). The van der Waals surface area contributed by atoms with Gasteiger partial charge >= 0.3 is 0 Å². The van der Waals surface area contributed by atoms with E-state index in [1.165, 1.54) is 11.3 Å². The first kappa shape index (κ1) is 12.8. The second-order valence-corrected chi connectivity index (χ2v) is 5.29. The smallest absolute Gasteiger partial charge is 0.164 e. The van der Waals surface area contributed by atoms with Crippen molar-refractivity contribution in [3.63, 3.8) is 0 Å². The highest BCUT2D eigenvalue weighted by Crippen LogP contribution is 2.31. The van der Waals surface area contributed by atoms with E-state index < -0.39 is 5.60 Å². The summed E-state index contributed by atoms with van der Waals surface area (Å²) in [5.41, 5.74) is 1.49. The third-order valence-electron chi connectivity index (χ3n) is 2.81. The van der Waals surface area contributed by atoms with E-state index in [-0.39, 0.29) is 5.92 Å². The number of thiazole rings is 1. The zero-order chi connectivity index (χ0) is 13.0. The molecule has 1 N–H and O–H groups in total. The topological polar surface area (TPSA) is 33.1 Å². The molecule has 18 heavy (non-hydrogen) atoms. The molecular formula is C15H15NOS. The summed E-state index contributed by atoms with van der Waals surface area (Å²) in [4.78, 5) is 4.81. The highest BCUT2D eigenvalue weighted by atomic mass is 32.1. The van der Waals surface area contributed by atoms with Gasteiger partial charge in [0, 0.05) is 11.8 Å². The van der Waals surface area contributed by atoms with Gasteiger partial charge in [0.1, 0.15) is 0 Å². The standard InChI is InChI=1S/C15H15NOS/c1-12(2)15(17,14-10-16-11-18-14)9-8-13-6-4-3-5-7-13/h3-7,10-12,17H,1-2H3. The summed E-state index contributed by atoms with van der Waals surface area (Å²) in [7, 11) is 0. The van der Waals surface area contributed by atoms with Gasteiger partial charge in [0.05, 0.1) is 10.4 Å². The molecule has 0 aliphatic carbocycles. The summed E-state index contributed by atoms with van der Waals surface area (Å²) in [6.45, 7) is 3.92. The molecule has 3 heteroatoms. The zero-order valence-corrected chi connectivity index (χ0v) is 11.2. The summed E-state index contributed by atoms with van der Waals surface area (Å²) < 4.78 is 0. The quantitative estimate of drug-likeness (QED) is 0.839. The summed E-state index contributed by atoms with van der Waals surface area (Å²) in [5.74, 6) is 6.03. The lowest BCUT2D eigenvalue weighted by molar-refractivity contribution is 0.0538. The Bertz CT molecular complexity index is 551. The van der Waals surface area contributed by atoms with Crippen LogP contribution in [-0.4, -0.2) is 10.1 Å². The Morgan fingerprint density at radius 3 is 2.56 bits per heavy atom. The lowest BCUT2D eigenvalue weighted by atomic mass is 9.89. The van der Waals surface area contributed by atoms with Gasteiger partial charge in [0.15, 0.2) is 5.60 Å². The van der Waals surface area contributed by atoms with Gasteiger partial charge < -0.3 is 5.11 Å². The molecule has 0 spiro atoms. The van der Waals surface area contributed by atoms with Crippen LogP contribution in [0.1, 0.15) is 24.3 Å². The number of hydrogen-bond donors (Lipinski definition) is 1. The van der Waals surface area contributed by atoms with E-state index in [0.29, 0.717) is 0 Å². The molecule has 92 valence electrons. The molecule has 2 nitrogen and oxygen atoms in total. The van der Waals surface area contributed by atoms with Crippen molar-refractivity contribution in [3.8, 4) is 11.8 Å². The number of aromatic nitrogens is 1. The molecule has 1 atom stereocenters. The fourth-order valence-electron chi connectivity index (χ4n) is 1.58. The van der Waals surface area contributed by atoms with Crippen molar-refractivity contribution in [1.29, 1.82) is 0 Å². The van der Waals surface area contributed by atoms with Gasteiger partial charge in [0.2, 0.25) is 0 Å². The minimum Gasteiger partial charge on any atom is -0.372 e. The molecule has 1 unspecified atom stereocenters. The Kier molecular flexibility index (Phi) is 3.81. The van der Waals surface area contributed by atoms with E-state index in [4.69, 9.17) is 0 Å². The number of aliphatic hydroxyl groups is 1. The highest BCUT2D eigenvalue weighted by molar-refractivity contribution is 7.09. The van der Waals surface area contributed by atoms with E-state index >= 15 is 0 Å². The molecule has 1 heterocycles. The van der Waals surface area contributed by atoms with E-state index in [9.17, 15) is 5.11 Å². The number of benzene rings is 1. The Labute approximate surface area is 111 Å². The van der Waals surface area contributed by atoms with Gasteiger partial charge in [0.25, 0.3) is 0 Å². The largest absolute Gasteiger partial charge is 0.372 e. The number of rotatable bonds is 2. The average Bonchev–Trinajstić information content (AvgIpc) is 2.91. The molecule has 0 fully saturated rings. The van der Waals surface area contributed by atoms with E-state index in [0.717, 1.165) is 10.4 Å². The lowest BCUT2D eigenvalue weighted by Gasteiger charge is -2.24. The predicted molar refractivity (Wildman–Crippen MR) is 74.2 cm³/mol. The van der Waals surface area contributed by atoms with E-state index in [1.807, 2.05) is 44.2 Å². The zero-order valence-electron chi connectivity index (χ0n) is 10.4. The Morgan fingerprint density at radius 1 is 1.28 bits per heavy atom. The van der Waals surface area contributed by atoms with Gasteiger partial charge in [-0.05, 0) is 18.1 Å². The van der Waals surface area contributed by atoms with E-state index in [1.54, 1.807) is 11.7 Å². The highest BCUT2D eigenvalue weighted by Gasteiger charge is 2.32. The molecule has 0 amide bonds. The second kappa shape index (κ2) is 5.34. The monoisotopic (exact) mass is 257 g/mol.